The smallest absolute Gasteiger partial charge is 0.272 e. The molecule has 0 aliphatic carbocycles. The minimum Gasteiger partial charge on any atom is -0.488 e. The molecule has 9 heteroatoms. The maximum atomic E-state index is 12.4. The number of hydrogen-bond donors (Lipinski definition) is 0. The van der Waals surface area contributed by atoms with Crippen molar-refractivity contribution >= 4 is 15.7 Å². The van der Waals surface area contributed by atoms with Gasteiger partial charge in [-0.1, -0.05) is 0 Å². The van der Waals surface area contributed by atoms with Crippen LogP contribution >= 0.6 is 0 Å². The highest BCUT2D eigenvalue weighted by Crippen LogP contribution is 2.33. The predicted molar refractivity (Wildman–Crippen MR) is 77.3 cm³/mol. The fourth-order valence-corrected chi connectivity index (χ4v) is 5.34. The first-order valence-corrected chi connectivity index (χ1v) is 9.03. The average molecular weight is 346 g/mol. The summed E-state index contributed by atoms with van der Waals surface area (Å²) in [5, 5.41) is 0. The number of nitrogens with zero attached hydrogens (tertiary/aromatic N) is 2. The second-order valence-electron chi connectivity index (χ2n) is 5.89. The van der Waals surface area contributed by atoms with E-state index >= 15 is 0 Å². The summed E-state index contributed by atoms with van der Waals surface area (Å²) in [4.78, 5) is 18.0. The van der Waals surface area contributed by atoms with Gasteiger partial charge in [0.15, 0.2) is 9.84 Å². The molecule has 2 aliphatic heterocycles. The third-order valence-corrected chi connectivity index (χ3v) is 6.00. The number of halogens is 2. The van der Waals surface area contributed by atoms with Gasteiger partial charge in [-0.05, 0) is 17.9 Å². The second-order valence-corrected chi connectivity index (χ2v) is 8.04. The minimum atomic E-state index is -2.99. The van der Waals surface area contributed by atoms with Gasteiger partial charge in [0.05, 0.1) is 11.5 Å². The normalized spacial score (nSPS) is 25.6. The lowest BCUT2D eigenvalue weighted by Gasteiger charge is -2.17. The molecule has 6 nitrogen and oxygen atoms in total. The van der Waals surface area contributed by atoms with Crippen LogP contribution in [0.4, 0.5) is 8.78 Å². The van der Waals surface area contributed by atoms with E-state index in [1.54, 1.807) is 4.90 Å². The maximum Gasteiger partial charge on any atom is 0.272 e. The molecule has 3 rings (SSSR count). The Labute approximate surface area is 132 Å². The highest BCUT2D eigenvalue weighted by molar-refractivity contribution is 7.91. The number of rotatable bonds is 4. The zero-order valence-electron chi connectivity index (χ0n) is 12.2. The number of alkyl halides is 2. The molecule has 0 bridgehead atoms. The molecule has 1 aromatic rings. The van der Waals surface area contributed by atoms with Crippen LogP contribution in [-0.2, 0) is 9.84 Å². The van der Waals surface area contributed by atoms with Crippen LogP contribution in [0.2, 0.25) is 0 Å². The molecule has 23 heavy (non-hydrogen) atoms. The molecular formula is C14H16F2N2O4S. The number of aromatic nitrogens is 1. The first-order valence-electron chi connectivity index (χ1n) is 7.21. The summed E-state index contributed by atoms with van der Waals surface area (Å²) in [5.74, 6) is 0.00749. The van der Waals surface area contributed by atoms with Crippen molar-refractivity contribution in [2.24, 2.45) is 11.8 Å². The Hall–Kier alpha value is -1.77. The molecule has 0 spiro atoms. The molecule has 0 unspecified atom stereocenters. The molecule has 0 aromatic carbocycles. The van der Waals surface area contributed by atoms with Crippen molar-refractivity contribution < 1.29 is 26.7 Å². The third kappa shape index (κ3) is 3.60. The molecular weight excluding hydrogens is 330 g/mol. The quantitative estimate of drug-likeness (QED) is 0.808. The summed E-state index contributed by atoms with van der Waals surface area (Å²) in [7, 11) is -2.99. The number of amides is 1. The van der Waals surface area contributed by atoms with E-state index in [0.717, 1.165) is 0 Å². The zero-order chi connectivity index (χ0) is 16.6. The number of carbonyl (C=O) groups excluding carboxylic acids is 1. The van der Waals surface area contributed by atoms with Crippen molar-refractivity contribution in [1.82, 2.24) is 9.88 Å². The Bertz CT molecular complexity index is 690. The molecule has 1 amide bonds. The van der Waals surface area contributed by atoms with E-state index in [-0.39, 0.29) is 40.7 Å². The molecule has 126 valence electrons. The summed E-state index contributed by atoms with van der Waals surface area (Å²) in [6.45, 7) is 0.0163. The first-order chi connectivity index (χ1) is 10.8. The first kappa shape index (κ1) is 16.1. The molecule has 2 atom stereocenters. The molecule has 3 heterocycles. The van der Waals surface area contributed by atoms with E-state index in [9.17, 15) is 22.0 Å². The molecule has 2 fully saturated rings. The largest absolute Gasteiger partial charge is 0.488 e. The predicted octanol–water partition coefficient (Wildman–Crippen LogP) is 0.842. The molecule has 0 radical (unpaired) electrons. The van der Waals surface area contributed by atoms with Crippen LogP contribution in [0.3, 0.4) is 0 Å². The van der Waals surface area contributed by atoms with Crippen LogP contribution in [0.25, 0.3) is 0 Å². The summed E-state index contributed by atoms with van der Waals surface area (Å²) >= 11 is 0. The van der Waals surface area contributed by atoms with Crippen LogP contribution in [0.15, 0.2) is 18.3 Å². The molecule has 2 saturated heterocycles. The summed E-state index contributed by atoms with van der Waals surface area (Å²) < 4.78 is 52.3. The van der Waals surface area contributed by atoms with Crippen LogP contribution in [0.5, 0.6) is 5.75 Å². The fourth-order valence-electron chi connectivity index (χ4n) is 3.14. The second kappa shape index (κ2) is 6.03. The van der Waals surface area contributed by atoms with Crippen molar-refractivity contribution in [2.45, 2.75) is 6.43 Å². The summed E-state index contributed by atoms with van der Waals surface area (Å²) in [6, 6.07) is 2.74. The number of carbonyl (C=O) groups is 1. The Kier molecular flexibility index (Phi) is 4.22. The number of fused-ring (bicyclic) bond motifs is 1. The zero-order valence-corrected chi connectivity index (χ0v) is 13.0. The van der Waals surface area contributed by atoms with Gasteiger partial charge in [0.2, 0.25) is 0 Å². The summed E-state index contributed by atoms with van der Waals surface area (Å²) in [6.07, 6.45) is -1.27. The molecule has 0 N–H and O–H groups in total. The van der Waals surface area contributed by atoms with Crippen LogP contribution in [0, 0.1) is 11.8 Å². The van der Waals surface area contributed by atoms with Gasteiger partial charge in [-0.2, -0.15) is 0 Å². The van der Waals surface area contributed by atoms with Crippen LogP contribution in [0.1, 0.15) is 10.5 Å². The van der Waals surface area contributed by atoms with Gasteiger partial charge in [-0.15, -0.1) is 0 Å². The number of sulfone groups is 1. The monoisotopic (exact) mass is 346 g/mol. The third-order valence-electron chi connectivity index (χ3n) is 4.13. The van der Waals surface area contributed by atoms with Gasteiger partial charge < -0.3 is 9.64 Å². The lowest BCUT2D eigenvalue weighted by Crippen LogP contribution is -2.31. The van der Waals surface area contributed by atoms with Gasteiger partial charge in [-0.25, -0.2) is 17.2 Å². The lowest BCUT2D eigenvalue weighted by molar-refractivity contribution is 0.0773. The maximum absolute atomic E-state index is 12.4. The minimum absolute atomic E-state index is 0.0257. The number of ether oxygens (including phenoxy) is 1. The van der Waals surface area contributed by atoms with Crippen molar-refractivity contribution in [2.75, 3.05) is 31.2 Å². The Morgan fingerprint density at radius 3 is 2.61 bits per heavy atom. The van der Waals surface area contributed by atoms with E-state index in [1.807, 2.05) is 0 Å². The van der Waals surface area contributed by atoms with Crippen LogP contribution in [-0.4, -0.2) is 61.8 Å². The van der Waals surface area contributed by atoms with Gasteiger partial charge in [0.25, 0.3) is 12.3 Å². The van der Waals surface area contributed by atoms with Crippen molar-refractivity contribution in [3.8, 4) is 5.75 Å². The van der Waals surface area contributed by atoms with E-state index in [4.69, 9.17) is 4.74 Å². The topological polar surface area (TPSA) is 76.6 Å². The lowest BCUT2D eigenvalue weighted by atomic mass is 10.0. The molecule has 0 saturated carbocycles. The van der Waals surface area contributed by atoms with E-state index in [0.29, 0.717) is 13.1 Å². The van der Waals surface area contributed by atoms with Crippen LogP contribution < -0.4 is 4.74 Å². The van der Waals surface area contributed by atoms with E-state index in [1.165, 1.54) is 18.3 Å². The van der Waals surface area contributed by atoms with Crippen molar-refractivity contribution in [3.63, 3.8) is 0 Å². The molecule has 1 aromatic heterocycles. The SMILES string of the molecule is O=C(c1cc(OCC(F)F)ccn1)N1C[C@@H]2CS(=O)(=O)C[C@@H]2C1. The van der Waals surface area contributed by atoms with Gasteiger partial charge >= 0.3 is 0 Å². The fraction of sp³-hybridized carbons (Fsp3) is 0.571. The van der Waals surface area contributed by atoms with E-state index < -0.39 is 22.9 Å². The summed E-state index contributed by atoms with van der Waals surface area (Å²) in [5.41, 5.74) is 0.111. The molecule has 2 aliphatic rings. The van der Waals surface area contributed by atoms with Crippen molar-refractivity contribution in [3.05, 3.63) is 24.0 Å². The average Bonchev–Trinajstić information content (AvgIpc) is 2.98. The van der Waals surface area contributed by atoms with Gasteiger partial charge in [0.1, 0.15) is 18.1 Å². The highest BCUT2D eigenvalue weighted by Gasteiger charge is 2.45. The highest BCUT2D eigenvalue weighted by atomic mass is 32.2. The number of hydrogen-bond acceptors (Lipinski definition) is 5. The Morgan fingerprint density at radius 2 is 2.00 bits per heavy atom. The Morgan fingerprint density at radius 1 is 1.35 bits per heavy atom. The van der Waals surface area contributed by atoms with Gasteiger partial charge in [-0.3, -0.25) is 9.78 Å². The van der Waals surface area contributed by atoms with E-state index in [2.05, 4.69) is 4.98 Å². The Balaban J connectivity index is 1.66. The van der Waals surface area contributed by atoms with Gasteiger partial charge in [0, 0.05) is 25.4 Å². The van der Waals surface area contributed by atoms with Crippen molar-refractivity contribution in [1.29, 1.82) is 0 Å². The standard InChI is InChI=1S/C14H16F2N2O4S/c15-13(16)6-22-11-1-2-17-12(3-11)14(19)18-4-9-7-23(20,21)8-10(9)5-18/h1-3,9-10,13H,4-8H2/t9-,10+. The number of likely N-dealkylation sites (tertiary alicyclic amines) is 1. The number of pyridine rings is 1.